The van der Waals surface area contributed by atoms with E-state index in [1.54, 1.807) is 0 Å². The lowest BCUT2D eigenvalue weighted by Gasteiger charge is -2.30. The summed E-state index contributed by atoms with van der Waals surface area (Å²) in [5.74, 6) is 1.23. The Kier molecular flexibility index (Phi) is 8.69. The molecule has 146 valence electrons. The minimum absolute atomic E-state index is 0. The van der Waals surface area contributed by atoms with Gasteiger partial charge in [-0.3, -0.25) is 4.79 Å². The molecule has 3 rings (SSSR count). The summed E-state index contributed by atoms with van der Waals surface area (Å²) in [7, 11) is 0. The summed E-state index contributed by atoms with van der Waals surface area (Å²) >= 11 is 0. The van der Waals surface area contributed by atoms with E-state index < -0.39 is 0 Å². The summed E-state index contributed by atoms with van der Waals surface area (Å²) in [6, 6.07) is 7.40. The number of nitrogens with two attached hydrogens (primary N) is 1. The van der Waals surface area contributed by atoms with Crippen LogP contribution in [0.2, 0.25) is 0 Å². The third kappa shape index (κ3) is 5.86. The molecule has 0 aromatic heterocycles. The molecule has 1 aromatic rings. The fourth-order valence-electron chi connectivity index (χ4n) is 3.82. The monoisotopic (exact) mass is 382 g/mol. The Labute approximate surface area is 162 Å². The lowest BCUT2D eigenvalue weighted by molar-refractivity contribution is 0.0679. The van der Waals surface area contributed by atoms with Gasteiger partial charge < -0.3 is 20.5 Å². The molecule has 6 heteroatoms. The predicted octanol–water partition coefficient (Wildman–Crippen LogP) is 3.30. The van der Waals surface area contributed by atoms with Gasteiger partial charge in [-0.05, 0) is 55.9 Å². The minimum Gasteiger partial charge on any atom is -0.491 e. The van der Waals surface area contributed by atoms with Crippen molar-refractivity contribution >= 4 is 18.3 Å². The Hall–Kier alpha value is -1.30. The lowest BCUT2D eigenvalue weighted by Crippen LogP contribution is -2.45. The van der Waals surface area contributed by atoms with Gasteiger partial charge in [-0.25, -0.2) is 0 Å². The highest BCUT2D eigenvalue weighted by molar-refractivity contribution is 5.94. The van der Waals surface area contributed by atoms with Crippen molar-refractivity contribution in [1.82, 2.24) is 5.32 Å². The van der Waals surface area contributed by atoms with Gasteiger partial charge in [0.05, 0.1) is 6.10 Å². The van der Waals surface area contributed by atoms with E-state index in [0.717, 1.165) is 38.0 Å². The molecule has 26 heavy (non-hydrogen) atoms. The molecule has 1 saturated heterocycles. The average molecular weight is 383 g/mol. The van der Waals surface area contributed by atoms with Crippen molar-refractivity contribution in [3.63, 3.8) is 0 Å². The Morgan fingerprint density at radius 1 is 1.15 bits per heavy atom. The van der Waals surface area contributed by atoms with Crippen LogP contribution in [0.4, 0.5) is 0 Å². The Morgan fingerprint density at radius 3 is 2.50 bits per heavy atom. The first-order chi connectivity index (χ1) is 12.3. The molecular formula is C20H31ClN2O3. The molecular weight excluding hydrogens is 352 g/mol. The van der Waals surface area contributed by atoms with Gasteiger partial charge in [0.15, 0.2) is 0 Å². The zero-order chi connectivity index (χ0) is 17.5. The number of carbonyl (C=O) groups is 1. The summed E-state index contributed by atoms with van der Waals surface area (Å²) in [5.41, 5.74) is 6.56. The third-order valence-electron chi connectivity index (χ3n) is 5.37. The van der Waals surface area contributed by atoms with Gasteiger partial charge in [-0.15, -0.1) is 12.4 Å². The van der Waals surface area contributed by atoms with E-state index >= 15 is 0 Å². The Morgan fingerprint density at radius 2 is 1.88 bits per heavy atom. The average Bonchev–Trinajstić information content (AvgIpc) is 3.19. The molecule has 1 saturated carbocycles. The standard InChI is InChI=1S/C20H30N2O3.ClH/c21-13-19(15-5-2-1-3-6-15)22-20(23)16-8-10-17(11-9-16)25-14-18-7-4-12-24-18;/h8-11,15,18-19H,1-7,12-14,21H2,(H,22,23);1H. The molecule has 0 bridgehead atoms. The summed E-state index contributed by atoms with van der Waals surface area (Å²) < 4.78 is 11.3. The first kappa shape index (κ1) is 21.0. The highest BCUT2D eigenvalue weighted by atomic mass is 35.5. The largest absolute Gasteiger partial charge is 0.491 e. The normalized spacial score (nSPS) is 21.7. The summed E-state index contributed by atoms with van der Waals surface area (Å²) in [5, 5.41) is 3.12. The highest BCUT2D eigenvalue weighted by Crippen LogP contribution is 2.26. The van der Waals surface area contributed by atoms with Crippen LogP contribution >= 0.6 is 12.4 Å². The topological polar surface area (TPSA) is 73.6 Å². The van der Waals surface area contributed by atoms with Gasteiger partial charge in [-0.1, -0.05) is 19.3 Å². The Bertz CT molecular complexity index is 540. The zero-order valence-corrected chi connectivity index (χ0v) is 16.1. The van der Waals surface area contributed by atoms with Gasteiger partial charge >= 0.3 is 0 Å². The van der Waals surface area contributed by atoms with Crippen molar-refractivity contribution in [2.45, 2.75) is 57.1 Å². The van der Waals surface area contributed by atoms with Crippen LogP contribution in [0.5, 0.6) is 5.75 Å². The number of amides is 1. The van der Waals surface area contributed by atoms with Gasteiger partial charge in [0.1, 0.15) is 12.4 Å². The van der Waals surface area contributed by atoms with Crippen molar-refractivity contribution in [3.8, 4) is 5.75 Å². The van der Waals surface area contributed by atoms with E-state index in [-0.39, 0.29) is 30.5 Å². The van der Waals surface area contributed by atoms with Crippen LogP contribution in [-0.2, 0) is 4.74 Å². The van der Waals surface area contributed by atoms with Crippen LogP contribution in [0.3, 0.4) is 0 Å². The van der Waals surface area contributed by atoms with E-state index in [9.17, 15) is 4.79 Å². The molecule has 1 aromatic carbocycles. The first-order valence-corrected chi connectivity index (χ1v) is 9.61. The van der Waals surface area contributed by atoms with Crippen LogP contribution in [-0.4, -0.2) is 37.8 Å². The number of halogens is 1. The molecule has 0 spiro atoms. The summed E-state index contributed by atoms with van der Waals surface area (Å²) in [4.78, 5) is 12.5. The first-order valence-electron chi connectivity index (χ1n) is 9.61. The zero-order valence-electron chi connectivity index (χ0n) is 15.3. The van der Waals surface area contributed by atoms with Gasteiger partial charge in [0.25, 0.3) is 5.91 Å². The molecule has 3 N–H and O–H groups in total. The van der Waals surface area contributed by atoms with Crippen molar-refractivity contribution in [3.05, 3.63) is 29.8 Å². The van der Waals surface area contributed by atoms with E-state index in [1.807, 2.05) is 24.3 Å². The maximum absolute atomic E-state index is 12.5. The number of carbonyl (C=O) groups excluding carboxylic acids is 1. The van der Waals surface area contributed by atoms with Crippen molar-refractivity contribution < 1.29 is 14.3 Å². The Balaban J connectivity index is 0.00000243. The van der Waals surface area contributed by atoms with Gasteiger partial charge in [-0.2, -0.15) is 0 Å². The van der Waals surface area contributed by atoms with Crippen LogP contribution < -0.4 is 15.8 Å². The molecule has 5 nitrogen and oxygen atoms in total. The lowest BCUT2D eigenvalue weighted by atomic mass is 9.84. The van der Waals surface area contributed by atoms with Gasteiger partial charge in [0.2, 0.25) is 0 Å². The van der Waals surface area contributed by atoms with Crippen molar-refractivity contribution in [1.29, 1.82) is 0 Å². The molecule has 2 aliphatic rings. The summed E-state index contributed by atoms with van der Waals surface area (Å²) in [6.07, 6.45) is 8.48. The molecule has 1 heterocycles. The SMILES string of the molecule is Cl.NCC(NC(=O)c1ccc(OCC2CCCO2)cc1)C1CCCCC1. The molecule has 1 aliphatic carbocycles. The molecule has 1 amide bonds. The molecule has 2 unspecified atom stereocenters. The number of nitrogens with one attached hydrogen (secondary N) is 1. The van der Waals surface area contributed by atoms with Crippen LogP contribution in [0, 0.1) is 5.92 Å². The second-order valence-electron chi connectivity index (χ2n) is 7.18. The maximum atomic E-state index is 12.5. The molecule has 2 atom stereocenters. The number of benzene rings is 1. The molecule has 0 radical (unpaired) electrons. The van der Waals surface area contributed by atoms with E-state index in [4.69, 9.17) is 15.2 Å². The van der Waals surface area contributed by atoms with Gasteiger partial charge in [0, 0.05) is 24.8 Å². The van der Waals surface area contributed by atoms with E-state index in [0.29, 0.717) is 24.6 Å². The molecule has 2 fully saturated rings. The fraction of sp³-hybridized carbons (Fsp3) is 0.650. The van der Waals surface area contributed by atoms with Crippen molar-refractivity contribution in [2.24, 2.45) is 11.7 Å². The summed E-state index contributed by atoms with van der Waals surface area (Å²) in [6.45, 7) is 1.90. The minimum atomic E-state index is -0.0494. The number of hydrogen-bond acceptors (Lipinski definition) is 4. The number of hydrogen-bond donors (Lipinski definition) is 2. The van der Waals surface area contributed by atoms with Crippen LogP contribution in [0.25, 0.3) is 0 Å². The number of rotatable bonds is 7. The fourth-order valence-corrected chi connectivity index (χ4v) is 3.82. The van der Waals surface area contributed by atoms with Crippen LogP contribution in [0.15, 0.2) is 24.3 Å². The highest BCUT2D eigenvalue weighted by Gasteiger charge is 2.24. The van der Waals surface area contributed by atoms with Crippen molar-refractivity contribution in [2.75, 3.05) is 19.8 Å². The predicted molar refractivity (Wildman–Crippen MR) is 105 cm³/mol. The van der Waals surface area contributed by atoms with Crippen LogP contribution in [0.1, 0.15) is 55.3 Å². The second kappa shape index (κ2) is 10.8. The third-order valence-corrected chi connectivity index (χ3v) is 5.37. The number of ether oxygens (including phenoxy) is 2. The maximum Gasteiger partial charge on any atom is 0.251 e. The molecule has 1 aliphatic heterocycles. The quantitative estimate of drug-likeness (QED) is 0.758. The van der Waals surface area contributed by atoms with E-state index in [2.05, 4.69) is 5.32 Å². The second-order valence-corrected chi connectivity index (χ2v) is 7.18. The van der Waals surface area contributed by atoms with E-state index in [1.165, 1.54) is 19.3 Å². The smallest absolute Gasteiger partial charge is 0.251 e.